The van der Waals surface area contributed by atoms with Gasteiger partial charge in [0.1, 0.15) is 0 Å². The smallest absolute Gasteiger partial charge is 0.337 e. The minimum Gasteiger partial charge on any atom is -0.465 e. The monoisotopic (exact) mass is 305 g/mol. The van der Waals surface area contributed by atoms with Crippen molar-refractivity contribution in [1.29, 1.82) is 0 Å². The van der Waals surface area contributed by atoms with Crippen LogP contribution in [0.5, 0.6) is 0 Å². The van der Waals surface area contributed by atoms with E-state index in [1.807, 2.05) is 18.2 Å². The molecule has 0 fully saturated rings. The SMILES string of the molecule is COC(=O)c1ccc2cc3n(c(=O)c2c1)CCc1ccccc1-3. The molecule has 0 saturated heterocycles. The molecule has 0 unspecified atom stereocenters. The molecular formula is C19H15NO3. The average Bonchev–Trinajstić information content (AvgIpc) is 2.61. The summed E-state index contributed by atoms with van der Waals surface area (Å²) in [5.41, 5.74) is 3.65. The van der Waals surface area contributed by atoms with Crippen LogP contribution in [0.4, 0.5) is 0 Å². The number of benzene rings is 2. The maximum Gasteiger partial charge on any atom is 0.337 e. The summed E-state index contributed by atoms with van der Waals surface area (Å²) in [4.78, 5) is 24.5. The molecular weight excluding hydrogens is 290 g/mol. The van der Waals surface area contributed by atoms with Gasteiger partial charge in [-0.1, -0.05) is 30.3 Å². The largest absolute Gasteiger partial charge is 0.465 e. The van der Waals surface area contributed by atoms with E-state index in [4.69, 9.17) is 4.74 Å². The van der Waals surface area contributed by atoms with Crippen molar-refractivity contribution >= 4 is 16.7 Å². The van der Waals surface area contributed by atoms with E-state index < -0.39 is 5.97 Å². The highest BCUT2D eigenvalue weighted by Crippen LogP contribution is 2.30. The molecule has 2 heterocycles. The highest BCUT2D eigenvalue weighted by molar-refractivity contribution is 5.96. The second-order valence-electron chi connectivity index (χ2n) is 5.69. The summed E-state index contributed by atoms with van der Waals surface area (Å²) in [6.07, 6.45) is 0.839. The van der Waals surface area contributed by atoms with Crippen molar-refractivity contribution in [1.82, 2.24) is 4.57 Å². The molecule has 0 amide bonds. The third-order valence-corrected chi connectivity index (χ3v) is 4.43. The standard InChI is InChI=1S/C19H15NO3/c1-23-19(22)14-7-6-13-11-17-15-5-3-2-4-12(15)8-9-20(17)18(21)16(13)10-14/h2-7,10-11H,8-9H2,1H3. The second-order valence-corrected chi connectivity index (χ2v) is 5.69. The van der Waals surface area contributed by atoms with Crippen LogP contribution < -0.4 is 5.56 Å². The number of carbonyl (C=O) groups is 1. The van der Waals surface area contributed by atoms with E-state index >= 15 is 0 Å². The first kappa shape index (κ1) is 13.8. The second kappa shape index (κ2) is 5.09. The van der Waals surface area contributed by atoms with Crippen LogP contribution >= 0.6 is 0 Å². The van der Waals surface area contributed by atoms with Gasteiger partial charge in [0, 0.05) is 17.5 Å². The molecule has 4 heteroatoms. The minimum absolute atomic E-state index is 0.0576. The number of aromatic nitrogens is 1. The van der Waals surface area contributed by atoms with E-state index in [0.717, 1.165) is 23.1 Å². The zero-order chi connectivity index (χ0) is 16.0. The van der Waals surface area contributed by atoms with Gasteiger partial charge in [0.15, 0.2) is 0 Å². The van der Waals surface area contributed by atoms with Crippen LogP contribution in [0.2, 0.25) is 0 Å². The Morgan fingerprint density at radius 2 is 1.96 bits per heavy atom. The van der Waals surface area contributed by atoms with E-state index in [2.05, 4.69) is 12.1 Å². The van der Waals surface area contributed by atoms with Gasteiger partial charge in [0.05, 0.1) is 18.4 Å². The number of hydrogen-bond acceptors (Lipinski definition) is 3. The number of carbonyl (C=O) groups excluding carboxylic acids is 1. The highest BCUT2D eigenvalue weighted by Gasteiger charge is 2.19. The Hall–Kier alpha value is -2.88. The van der Waals surface area contributed by atoms with Crippen molar-refractivity contribution in [3.05, 3.63) is 70.0 Å². The number of fused-ring (bicyclic) bond motifs is 4. The average molecular weight is 305 g/mol. The van der Waals surface area contributed by atoms with Gasteiger partial charge < -0.3 is 9.30 Å². The fourth-order valence-electron chi connectivity index (χ4n) is 3.26. The topological polar surface area (TPSA) is 48.3 Å². The van der Waals surface area contributed by atoms with Crippen LogP contribution in [0.3, 0.4) is 0 Å². The molecule has 0 radical (unpaired) electrons. The molecule has 1 aromatic heterocycles. The maximum atomic E-state index is 12.9. The molecule has 4 nitrogen and oxygen atoms in total. The van der Waals surface area contributed by atoms with Crippen LogP contribution in [0.25, 0.3) is 22.0 Å². The number of hydrogen-bond donors (Lipinski definition) is 0. The number of methoxy groups -OCH3 is 1. The molecule has 4 rings (SSSR count). The Kier molecular flexibility index (Phi) is 3.05. The first-order valence-electron chi connectivity index (χ1n) is 7.53. The van der Waals surface area contributed by atoms with Gasteiger partial charge in [-0.05, 0) is 35.6 Å². The highest BCUT2D eigenvalue weighted by atomic mass is 16.5. The van der Waals surface area contributed by atoms with E-state index in [1.54, 1.807) is 22.8 Å². The van der Waals surface area contributed by atoms with Gasteiger partial charge in [-0.2, -0.15) is 0 Å². The Balaban J connectivity index is 2.01. The molecule has 1 aliphatic rings. The Labute approximate surface area is 132 Å². The number of pyridine rings is 1. The zero-order valence-corrected chi connectivity index (χ0v) is 12.7. The van der Waals surface area contributed by atoms with E-state index in [-0.39, 0.29) is 5.56 Å². The fraction of sp³-hybridized carbons (Fsp3) is 0.158. The summed E-state index contributed by atoms with van der Waals surface area (Å²) in [6, 6.07) is 15.3. The van der Waals surface area contributed by atoms with Crippen LogP contribution in [0.15, 0.2) is 53.3 Å². The minimum atomic E-state index is -0.431. The maximum absolute atomic E-state index is 12.9. The van der Waals surface area contributed by atoms with Crippen molar-refractivity contribution in [2.45, 2.75) is 13.0 Å². The summed E-state index contributed by atoms with van der Waals surface area (Å²) < 4.78 is 6.53. The van der Waals surface area contributed by atoms with Crippen LogP contribution in [0.1, 0.15) is 15.9 Å². The lowest BCUT2D eigenvalue weighted by atomic mass is 9.95. The third kappa shape index (κ3) is 2.06. The van der Waals surface area contributed by atoms with Gasteiger partial charge in [-0.15, -0.1) is 0 Å². The Morgan fingerprint density at radius 1 is 1.13 bits per heavy atom. The lowest BCUT2D eigenvalue weighted by Gasteiger charge is -2.22. The first-order valence-corrected chi connectivity index (χ1v) is 7.53. The van der Waals surface area contributed by atoms with Crippen molar-refractivity contribution < 1.29 is 9.53 Å². The summed E-state index contributed by atoms with van der Waals surface area (Å²) in [5, 5.41) is 1.39. The molecule has 114 valence electrons. The lowest BCUT2D eigenvalue weighted by Crippen LogP contribution is -2.26. The molecule has 1 aliphatic heterocycles. The van der Waals surface area contributed by atoms with Gasteiger partial charge in [-0.25, -0.2) is 4.79 Å². The van der Waals surface area contributed by atoms with Gasteiger partial charge in [0.2, 0.25) is 0 Å². The summed E-state index contributed by atoms with van der Waals surface area (Å²) >= 11 is 0. The normalized spacial score (nSPS) is 12.6. The first-order chi connectivity index (χ1) is 11.2. The predicted octanol–water partition coefficient (Wildman–Crippen LogP) is 3.01. The molecule has 0 saturated carbocycles. The third-order valence-electron chi connectivity index (χ3n) is 4.43. The number of rotatable bonds is 1. The van der Waals surface area contributed by atoms with Gasteiger partial charge in [-0.3, -0.25) is 4.79 Å². The Morgan fingerprint density at radius 3 is 2.78 bits per heavy atom. The van der Waals surface area contributed by atoms with Gasteiger partial charge in [0.25, 0.3) is 5.56 Å². The molecule has 2 aromatic carbocycles. The molecule has 0 bridgehead atoms. The summed E-state index contributed by atoms with van der Waals surface area (Å²) in [6.45, 7) is 0.656. The predicted molar refractivity (Wildman–Crippen MR) is 88.7 cm³/mol. The molecule has 0 N–H and O–H groups in total. The quantitative estimate of drug-likeness (QED) is 0.649. The Bertz CT molecular complexity index is 1000. The lowest BCUT2D eigenvalue weighted by molar-refractivity contribution is 0.0601. The van der Waals surface area contributed by atoms with Crippen LogP contribution in [0, 0.1) is 0 Å². The van der Waals surface area contributed by atoms with Gasteiger partial charge >= 0.3 is 5.97 Å². The zero-order valence-electron chi connectivity index (χ0n) is 12.7. The summed E-state index contributed by atoms with van der Waals surface area (Å²) in [7, 11) is 1.34. The molecule has 3 aromatic rings. The van der Waals surface area contributed by atoms with Crippen molar-refractivity contribution in [2.75, 3.05) is 7.11 Å². The van der Waals surface area contributed by atoms with Crippen LogP contribution in [-0.4, -0.2) is 17.6 Å². The summed E-state index contributed by atoms with van der Waals surface area (Å²) in [5.74, 6) is -0.431. The molecule has 23 heavy (non-hydrogen) atoms. The number of aryl methyl sites for hydroxylation is 1. The molecule has 0 spiro atoms. The number of nitrogens with zero attached hydrogens (tertiary/aromatic N) is 1. The van der Waals surface area contributed by atoms with Crippen molar-refractivity contribution in [2.24, 2.45) is 0 Å². The molecule has 0 aliphatic carbocycles. The van der Waals surface area contributed by atoms with Crippen molar-refractivity contribution in [3.63, 3.8) is 0 Å². The van der Waals surface area contributed by atoms with E-state index in [0.29, 0.717) is 17.5 Å². The number of ether oxygens (including phenoxy) is 1. The fourth-order valence-corrected chi connectivity index (χ4v) is 3.26. The number of esters is 1. The van der Waals surface area contributed by atoms with E-state index in [1.165, 1.54) is 12.7 Å². The van der Waals surface area contributed by atoms with E-state index in [9.17, 15) is 9.59 Å². The molecule has 0 atom stereocenters. The van der Waals surface area contributed by atoms with Crippen LogP contribution in [-0.2, 0) is 17.7 Å². The van der Waals surface area contributed by atoms with Crippen molar-refractivity contribution in [3.8, 4) is 11.3 Å².